The van der Waals surface area contributed by atoms with Crippen LogP contribution in [0.4, 0.5) is 10.8 Å². The minimum Gasteiger partial charge on any atom is -0.297 e. The Hall–Kier alpha value is -2.41. The van der Waals surface area contributed by atoms with Gasteiger partial charge in [0.25, 0.3) is 0 Å². The first-order valence-electron chi connectivity index (χ1n) is 8.63. The molecule has 1 aliphatic heterocycles. The lowest BCUT2D eigenvalue weighted by Crippen LogP contribution is -2.16. The van der Waals surface area contributed by atoms with Crippen molar-refractivity contribution in [2.75, 3.05) is 4.90 Å². The van der Waals surface area contributed by atoms with Gasteiger partial charge in [0.05, 0.1) is 26.1 Å². The van der Waals surface area contributed by atoms with Crippen LogP contribution in [0.25, 0.3) is 20.4 Å². The summed E-state index contributed by atoms with van der Waals surface area (Å²) in [6.45, 7) is 0. The number of fused-ring (bicyclic) bond motifs is 3. The Labute approximate surface area is 168 Å². The molecule has 5 aromatic rings. The van der Waals surface area contributed by atoms with Gasteiger partial charge >= 0.3 is 0 Å². The molecule has 3 nitrogen and oxygen atoms in total. The molecule has 0 fully saturated rings. The molecule has 0 aliphatic carbocycles. The summed E-state index contributed by atoms with van der Waals surface area (Å²) < 4.78 is 2.44. The predicted octanol–water partition coefficient (Wildman–Crippen LogP) is 6.85. The van der Waals surface area contributed by atoms with Crippen molar-refractivity contribution < 1.29 is 0 Å². The zero-order valence-electron chi connectivity index (χ0n) is 14.1. The number of hydrogen-bond donors (Lipinski definition) is 0. The van der Waals surface area contributed by atoms with E-state index in [0.29, 0.717) is 0 Å². The van der Waals surface area contributed by atoms with Crippen LogP contribution in [0.15, 0.2) is 77.7 Å². The van der Waals surface area contributed by atoms with Crippen molar-refractivity contribution >= 4 is 65.7 Å². The quantitative estimate of drug-likeness (QED) is 0.322. The van der Waals surface area contributed by atoms with E-state index >= 15 is 0 Å². The number of hydrogen-bond acceptors (Lipinski definition) is 6. The molecule has 1 atom stereocenters. The third-order valence-electron chi connectivity index (χ3n) is 4.61. The standard InChI is InChI=1S/C21H13N3S3/c1-4-10-16-13(7-1)22-19(25-16)20-24(15-9-3-6-12-18(15)26-20)21-23-14-8-2-5-11-17(14)27-21/h1-12,20H. The molecule has 27 heavy (non-hydrogen) atoms. The summed E-state index contributed by atoms with van der Waals surface area (Å²) in [7, 11) is 0. The zero-order valence-corrected chi connectivity index (χ0v) is 16.5. The van der Waals surface area contributed by atoms with E-state index in [1.54, 1.807) is 22.7 Å². The van der Waals surface area contributed by atoms with Gasteiger partial charge < -0.3 is 0 Å². The van der Waals surface area contributed by atoms with Gasteiger partial charge in [-0.05, 0) is 36.4 Å². The summed E-state index contributed by atoms with van der Waals surface area (Å²) in [4.78, 5) is 13.5. The molecule has 1 unspecified atom stereocenters. The van der Waals surface area contributed by atoms with Gasteiger partial charge in [-0.2, -0.15) is 0 Å². The maximum absolute atomic E-state index is 4.94. The van der Waals surface area contributed by atoms with Crippen LogP contribution in [0.3, 0.4) is 0 Å². The highest BCUT2D eigenvalue weighted by Crippen LogP contribution is 2.56. The van der Waals surface area contributed by atoms with E-state index in [4.69, 9.17) is 9.97 Å². The van der Waals surface area contributed by atoms with Gasteiger partial charge in [-0.3, -0.25) is 4.90 Å². The first-order chi connectivity index (χ1) is 13.4. The summed E-state index contributed by atoms with van der Waals surface area (Å²) in [5.74, 6) is 0. The van der Waals surface area contributed by atoms with Crippen LogP contribution in [-0.4, -0.2) is 9.97 Å². The summed E-state index contributed by atoms with van der Waals surface area (Å²) >= 11 is 5.37. The fourth-order valence-corrected chi connectivity index (χ4v) is 6.84. The molecule has 0 saturated heterocycles. The van der Waals surface area contributed by atoms with Gasteiger partial charge in [-0.25, -0.2) is 9.97 Å². The third kappa shape index (κ3) is 2.48. The summed E-state index contributed by atoms with van der Waals surface area (Å²) in [5.41, 5.74) is 3.33. The van der Waals surface area contributed by atoms with Crippen LogP contribution >= 0.6 is 34.4 Å². The van der Waals surface area contributed by atoms with Crippen LogP contribution in [0, 0.1) is 0 Å². The van der Waals surface area contributed by atoms with Crippen molar-refractivity contribution in [1.82, 2.24) is 9.97 Å². The Kier molecular flexibility index (Phi) is 3.50. The molecule has 0 bridgehead atoms. The van der Waals surface area contributed by atoms with E-state index in [-0.39, 0.29) is 5.37 Å². The minimum atomic E-state index is 0.111. The molecule has 0 radical (unpaired) electrons. The number of rotatable bonds is 2. The van der Waals surface area contributed by atoms with E-state index in [9.17, 15) is 0 Å². The lowest BCUT2D eigenvalue weighted by Gasteiger charge is -2.22. The fourth-order valence-electron chi connectivity index (χ4n) is 3.38. The van der Waals surface area contributed by atoms with Crippen LogP contribution in [-0.2, 0) is 0 Å². The predicted molar refractivity (Wildman–Crippen MR) is 116 cm³/mol. The SMILES string of the molecule is c1ccc2c(c1)SC(c1nc3ccccc3s1)N2c1nc2ccccc2s1. The number of thioether (sulfide) groups is 1. The number of anilines is 2. The monoisotopic (exact) mass is 403 g/mol. The van der Waals surface area contributed by atoms with Crippen molar-refractivity contribution in [3.8, 4) is 0 Å². The van der Waals surface area contributed by atoms with Gasteiger partial charge in [-0.15, -0.1) is 11.3 Å². The fraction of sp³-hybridized carbons (Fsp3) is 0.0476. The van der Waals surface area contributed by atoms with E-state index in [2.05, 4.69) is 65.6 Å². The highest BCUT2D eigenvalue weighted by molar-refractivity contribution is 8.00. The van der Waals surface area contributed by atoms with Gasteiger partial charge in [0.15, 0.2) is 5.13 Å². The van der Waals surface area contributed by atoms with Gasteiger partial charge in [0.1, 0.15) is 10.4 Å². The molecule has 6 rings (SSSR count). The topological polar surface area (TPSA) is 29.0 Å². The summed E-state index contributed by atoms with van der Waals surface area (Å²) in [6.07, 6.45) is 0. The van der Waals surface area contributed by atoms with Crippen LogP contribution in [0.5, 0.6) is 0 Å². The Morgan fingerprint density at radius 2 is 1.37 bits per heavy atom. The van der Waals surface area contributed by atoms with Crippen molar-refractivity contribution in [2.24, 2.45) is 0 Å². The molecular weight excluding hydrogens is 390 g/mol. The maximum Gasteiger partial charge on any atom is 0.192 e. The molecule has 3 aromatic carbocycles. The molecule has 130 valence electrons. The lowest BCUT2D eigenvalue weighted by atomic mass is 10.3. The highest BCUT2D eigenvalue weighted by atomic mass is 32.2. The Bertz CT molecular complexity index is 1220. The van der Waals surface area contributed by atoms with Crippen molar-refractivity contribution in [3.05, 3.63) is 77.8 Å². The molecule has 6 heteroatoms. The largest absolute Gasteiger partial charge is 0.297 e. The van der Waals surface area contributed by atoms with Crippen LogP contribution in [0.1, 0.15) is 10.4 Å². The van der Waals surface area contributed by atoms with E-state index < -0.39 is 0 Å². The first kappa shape index (κ1) is 15.6. The number of thiazole rings is 2. The molecule has 2 aromatic heterocycles. The molecule has 3 heterocycles. The molecule has 0 N–H and O–H groups in total. The van der Waals surface area contributed by atoms with Crippen molar-refractivity contribution in [2.45, 2.75) is 10.3 Å². The summed E-state index contributed by atoms with van der Waals surface area (Å²) in [6, 6.07) is 25.3. The Morgan fingerprint density at radius 1 is 0.704 bits per heavy atom. The Balaban J connectivity index is 1.54. The average molecular weight is 404 g/mol. The van der Waals surface area contributed by atoms with Crippen LogP contribution in [0.2, 0.25) is 0 Å². The highest BCUT2D eigenvalue weighted by Gasteiger charge is 2.36. The van der Waals surface area contributed by atoms with Crippen LogP contribution < -0.4 is 4.90 Å². The van der Waals surface area contributed by atoms with Gasteiger partial charge in [0.2, 0.25) is 0 Å². The third-order valence-corrected chi connectivity index (χ3v) is 8.14. The van der Waals surface area contributed by atoms with Crippen molar-refractivity contribution in [3.63, 3.8) is 0 Å². The molecule has 0 saturated carbocycles. The normalized spacial score (nSPS) is 16.3. The number of aromatic nitrogens is 2. The second-order valence-electron chi connectivity index (χ2n) is 6.29. The molecule has 0 amide bonds. The molecule has 0 spiro atoms. The van der Waals surface area contributed by atoms with E-state index in [1.165, 1.54) is 20.0 Å². The lowest BCUT2D eigenvalue weighted by molar-refractivity contribution is 0.947. The number of nitrogens with zero attached hydrogens (tertiary/aromatic N) is 3. The van der Waals surface area contributed by atoms with Crippen molar-refractivity contribution in [1.29, 1.82) is 0 Å². The smallest absolute Gasteiger partial charge is 0.192 e. The molecular formula is C21H13N3S3. The minimum absolute atomic E-state index is 0.111. The second-order valence-corrected chi connectivity index (χ2v) is 9.49. The van der Waals surface area contributed by atoms with E-state index in [0.717, 1.165) is 21.2 Å². The molecule has 1 aliphatic rings. The Morgan fingerprint density at radius 3 is 2.15 bits per heavy atom. The average Bonchev–Trinajstić information content (AvgIpc) is 3.40. The summed E-state index contributed by atoms with van der Waals surface area (Å²) in [5, 5.41) is 2.26. The zero-order chi connectivity index (χ0) is 17.8. The van der Waals surface area contributed by atoms with E-state index in [1.807, 2.05) is 23.9 Å². The van der Waals surface area contributed by atoms with Gasteiger partial charge in [-0.1, -0.05) is 59.5 Å². The maximum atomic E-state index is 4.94. The number of para-hydroxylation sites is 3. The van der Waals surface area contributed by atoms with Gasteiger partial charge in [0, 0.05) is 4.90 Å². The first-order valence-corrected chi connectivity index (χ1v) is 11.1. The second kappa shape index (κ2) is 6.05. The number of benzene rings is 3.